The highest BCUT2D eigenvalue weighted by Crippen LogP contribution is 2.35. The third-order valence-electron chi connectivity index (χ3n) is 5.39. The highest BCUT2D eigenvalue weighted by Gasteiger charge is 2.17. The minimum Gasteiger partial charge on any atom is -0.454 e. The van der Waals surface area contributed by atoms with E-state index in [4.69, 9.17) is 9.47 Å². The molecule has 0 saturated heterocycles. The number of carbonyl (C=O) groups excluding carboxylic acids is 1. The largest absolute Gasteiger partial charge is 0.454 e. The first-order valence-electron chi connectivity index (χ1n) is 10.0. The number of nitro groups is 1. The van der Waals surface area contributed by atoms with Crippen molar-refractivity contribution in [3.8, 4) is 17.2 Å². The Morgan fingerprint density at radius 1 is 1.15 bits per heavy atom. The number of ether oxygens (including phenoxy) is 2. The standard InChI is InChI=1S/C23H18N4O5S/c1-13-7-16(14(2)26(13)17-3-5-19-20(10-17)32-12-31-19)11-24-25-23(28)22-9-15-8-18(27(29)30)4-6-21(15)33-22/h3-11H,12H2,1-2H3,(H,25,28)/b24-11-. The number of hydrazone groups is 1. The summed E-state index contributed by atoms with van der Waals surface area (Å²) in [5.41, 5.74) is 6.29. The van der Waals surface area contributed by atoms with Crippen molar-refractivity contribution in [3.63, 3.8) is 0 Å². The van der Waals surface area contributed by atoms with Gasteiger partial charge in [0.1, 0.15) is 0 Å². The summed E-state index contributed by atoms with van der Waals surface area (Å²) >= 11 is 1.25. The molecule has 1 aliphatic rings. The molecule has 0 spiro atoms. The average Bonchev–Trinajstić information content (AvgIpc) is 3.50. The molecule has 166 valence electrons. The number of amides is 1. The zero-order valence-corrected chi connectivity index (χ0v) is 18.5. The highest BCUT2D eigenvalue weighted by molar-refractivity contribution is 7.20. The lowest BCUT2D eigenvalue weighted by Gasteiger charge is -2.10. The van der Waals surface area contributed by atoms with Crippen LogP contribution in [0.5, 0.6) is 11.5 Å². The second-order valence-corrected chi connectivity index (χ2v) is 8.57. The number of carbonyl (C=O) groups is 1. The molecule has 0 bridgehead atoms. The van der Waals surface area contributed by atoms with Crippen molar-refractivity contribution in [1.82, 2.24) is 9.99 Å². The number of thiophene rings is 1. The lowest BCUT2D eigenvalue weighted by atomic mass is 10.2. The number of hydrogen-bond donors (Lipinski definition) is 1. The molecule has 5 rings (SSSR count). The quantitative estimate of drug-likeness (QED) is 0.263. The number of hydrogen-bond acceptors (Lipinski definition) is 7. The van der Waals surface area contributed by atoms with E-state index in [1.165, 1.54) is 23.5 Å². The van der Waals surface area contributed by atoms with Crippen LogP contribution in [0.4, 0.5) is 5.69 Å². The molecule has 0 fully saturated rings. The lowest BCUT2D eigenvalue weighted by molar-refractivity contribution is -0.384. The van der Waals surface area contributed by atoms with Crippen LogP contribution in [0.25, 0.3) is 15.8 Å². The fourth-order valence-electron chi connectivity index (χ4n) is 3.81. The van der Waals surface area contributed by atoms with Gasteiger partial charge in [0, 0.05) is 50.9 Å². The second-order valence-electron chi connectivity index (χ2n) is 7.49. The van der Waals surface area contributed by atoms with Crippen LogP contribution in [0.15, 0.2) is 53.6 Å². The summed E-state index contributed by atoms with van der Waals surface area (Å²) in [6, 6.07) is 13.9. The summed E-state index contributed by atoms with van der Waals surface area (Å²) in [4.78, 5) is 23.5. The Bertz CT molecular complexity index is 1450. The van der Waals surface area contributed by atoms with Crippen LogP contribution in [-0.2, 0) is 0 Å². The van der Waals surface area contributed by atoms with E-state index in [-0.39, 0.29) is 18.4 Å². The molecule has 33 heavy (non-hydrogen) atoms. The van der Waals surface area contributed by atoms with Gasteiger partial charge in [-0.05, 0) is 44.2 Å². The Kier molecular flexibility index (Phi) is 5.06. The fraction of sp³-hybridized carbons (Fsp3) is 0.130. The van der Waals surface area contributed by atoms with Crippen molar-refractivity contribution in [1.29, 1.82) is 0 Å². The van der Waals surface area contributed by atoms with Gasteiger partial charge in [0.05, 0.1) is 16.0 Å². The predicted octanol–water partition coefficient (Wildman–Crippen LogP) is 4.71. The van der Waals surface area contributed by atoms with Crippen molar-refractivity contribution in [2.24, 2.45) is 5.10 Å². The first-order valence-corrected chi connectivity index (χ1v) is 10.8. The summed E-state index contributed by atoms with van der Waals surface area (Å²) in [5, 5.41) is 15.7. The number of aromatic nitrogens is 1. The number of nitrogens with zero attached hydrogens (tertiary/aromatic N) is 3. The van der Waals surface area contributed by atoms with Crippen molar-refractivity contribution >= 4 is 39.2 Å². The molecule has 2 aromatic heterocycles. The number of benzene rings is 2. The van der Waals surface area contributed by atoms with Crippen molar-refractivity contribution < 1.29 is 19.2 Å². The molecule has 0 saturated carbocycles. The van der Waals surface area contributed by atoms with Gasteiger partial charge in [-0.15, -0.1) is 11.3 Å². The van der Waals surface area contributed by atoms with Crippen LogP contribution < -0.4 is 14.9 Å². The van der Waals surface area contributed by atoms with E-state index in [2.05, 4.69) is 15.1 Å². The van der Waals surface area contributed by atoms with E-state index in [0.717, 1.165) is 33.1 Å². The molecular formula is C23H18N4O5S. The maximum absolute atomic E-state index is 12.5. The molecule has 1 aliphatic heterocycles. The summed E-state index contributed by atoms with van der Waals surface area (Å²) in [7, 11) is 0. The number of nitro benzene ring substituents is 1. The van der Waals surface area contributed by atoms with Crippen molar-refractivity contribution in [3.05, 3.63) is 80.5 Å². The SMILES string of the molecule is Cc1cc(/C=N\NC(=O)c2cc3cc([N+](=O)[O-])ccc3s2)c(C)n1-c1ccc2c(c1)OCO2. The van der Waals surface area contributed by atoms with E-state index in [9.17, 15) is 14.9 Å². The van der Waals surface area contributed by atoms with Gasteiger partial charge in [0.2, 0.25) is 6.79 Å². The predicted molar refractivity (Wildman–Crippen MR) is 125 cm³/mol. The lowest BCUT2D eigenvalue weighted by Crippen LogP contribution is -2.16. The molecule has 0 aliphatic carbocycles. The van der Waals surface area contributed by atoms with Crippen molar-refractivity contribution in [2.75, 3.05) is 6.79 Å². The molecule has 10 heteroatoms. The first kappa shape index (κ1) is 20.7. The van der Waals surface area contributed by atoms with E-state index in [1.807, 2.05) is 38.1 Å². The molecule has 0 unspecified atom stereocenters. The number of fused-ring (bicyclic) bond motifs is 2. The third kappa shape index (κ3) is 3.80. The van der Waals surface area contributed by atoms with Gasteiger partial charge in [0.15, 0.2) is 11.5 Å². The minimum atomic E-state index is -0.457. The van der Waals surface area contributed by atoms with Gasteiger partial charge in [-0.1, -0.05) is 0 Å². The zero-order valence-electron chi connectivity index (χ0n) is 17.7. The second kappa shape index (κ2) is 8.06. The summed E-state index contributed by atoms with van der Waals surface area (Å²) in [6.45, 7) is 4.18. The smallest absolute Gasteiger partial charge is 0.281 e. The van der Waals surface area contributed by atoms with Crippen LogP contribution >= 0.6 is 11.3 Å². The van der Waals surface area contributed by atoms with E-state index < -0.39 is 4.92 Å². The monoisotopic (exact) mass is 462 g/mol. The number of rotatable bonds is 5. The van der Waals surface area contributed by atoms with Crippen molar-refractivity contribution in [2.45, 2.75) is 13.8 Å². The van der Waals surface area contributed by atoms with E-state index >= 15 is 0 Å². The maximum Gasteiger partial charge on any atom is 0.281 e. The third-order valence-corrected chi connectivity index (χ3v) is 6.50. The van der Waals surface area contributed by atoms with Gasteiger partial charge in [-0.25, -0.2) is 5.43 Å². The summed E-state index contributed by atoms with van der Waals surface area (Å²) < 4.78 is 13.7. The molecular weight excluding hydrogens is 444 g/mol. The Hall–Kier alpha value is -4.18. The van der Waals surface area contributed by atoms with Gasteiger partial charge in [0.25, 0.3) is 11.6 Å². The fourth-order valence-corrected chi connectivity index (χ4v) is 4.74. The van der Waals surface area contributed by atoms with Crippen LogP contribution in [0.2, 0.25) is 0 Å². The van der Waals surface area contributed by atoms with Crippen LogP contribution in [0, 0.1) is 24.0 Å². The average molecular weight is 462 g/mol. The Morgan fingerprint density at radius 3 is 2.79 bits per heavy atom. The van der Waals surface area contributed by atoms with Gasteiger partial charge in [-0.2, -0.15) is 5.10 Å². The Morgan fingerprint density at radius 2 is 1.97 bits per heavy atom. The number of nitrogens with one attached hydrogen (secondary N) is 1. The number of aryl methyl sites for hydroxylation is 1. The molecule has 1 N–H and O–H groups in total. The Labute approximate surface area is 192 Å². The van der Waals surface area contributed by atoms with E-state index in [1.54, 1.807) is 18.3 Å². The molecule has 0 radical (unpaired) electrons. The molecule has 9 nitrogen and oxygen atoms in total. The summed E-state index contributed by atoms with van der Waals surface area (Å²) in [5.74, 6) is 1.05. The minimum absolute atomic E-state index is 0.0110. The van der Waals surface area contributed by atoms with Crippen LogP contribution in [-0.4, -0.2) is 28.4 Å². The molecule has 3 heterocycles. The normalized spacial score (nSPS) is 12.5. The highest BCUT2D eigenvalue weighted by atomic mass is 32.1. The topological polar surface area (TPSA) is 108 Å². The van der Waals surface area contributed by atoms with Gasteiger partial charge in [-0.3, -0.25) is 14.9 Å². The molecule has 4 aromatic rings. The summed E-state index contributed by atoms with van der Waals surface area (Å²) in [6.07, 6.45) is 1.60. The maximum atomic E-state index is 12.5. The van der Waals surface area contributed by atoms with Gasteiger partial charge < -0.3 is 14.0 Å². The van der Waals surface area contributed by atoms with Gasteiger partial charge >= 0.3 is 0 Å². The molecule has 2 aromatic carbocycles. The zero-order chi connectivity index (χ0) is 23.1. The van der Waals surface area contributed by atoms with E-state index in [0.29, 0.717) is 16.0 Å². The van der Waals surface area contributed by atoms with Crippen LogP contribution in [0.1, 0.15) is 26.6 Å². The molecule has 0 atom stereocenters. The first-order chi connectivity index (χ1) is 15.9. The Balaban J connectivity index is 1.34. The molecule has 1 amide bonds. The number of non-ortho nitro benzene ring substituents is 1. The van der Waals surface area contributed by atoms with Crippen LogP contribution in [0.3, 0.4) is 0 Å².